The highest BCUT2D eigenvalue weighted by atomic mass is 35.5. The summed E-state index contributed by atoms with van der Waals surface area (Å²) in [5, 5.41) is 4.45. The molecule has 4 rings (SSSR count). The van der Waals surface area contributed by atoms with Crippen LogP contribution in [0.15, 0.2) is 47.3 Å². The van der Waals surface area contributed by atoms with Gasteiger partial charge in [-0.05, 0) is 57.7 Å². The van der Waals surface area contributed by atoms with Crippen molar-refractivity contribution >= 4 is 55.0 Å². The van der Waals surface area contributed by atoms with E-state index in [1.54, 1.807) is 37.5 Å². The average molecular weight is 623 g/mol. The molecule has 5 atom stereocenters. The molecule has 14 heteroatoms. The van der Waals surface area contributed by atoms with Crippen LogP contribution in [0.1, 0.15) is 46.8 Å². The van der Waals surface area contributed by atoms with Gasteiger partial charge in [0.25, 0.3) is 0 Å². The van der Waals surface area contributed by atoms with E-state index in [1.807, 2.05) is 30.7 Å². The van der Waals surface area contributed by atoms with Gasteiger partial charge < -0.3 is 24.3 Å². The number of nitrogens with zero attached hydrogens (tertiary/aromatic N) is 4. The third-order valence-electron chi connectivity index (χ3n) is 6.59. The van der Waals surface area contributed by atoms with Crippen molar-refractivity contribution in [1.82, 2.24) is 24.6 Å². The number of carbonyl (C=O) groups excluding carboxylic acids is 1. The molecule has 1 fully saturated rings. The third-order valence-corrected chi connectivity index (χ3v) is 8.88. The van der Waals surface area contributed by atoms with E-state index in [-0.39, 0.29) is 36.8 Å². The number of imidazole rings is 1. The molecule has 11 nitrogen and oxygen atoms in total. The zero-order valence-electron chi connectivity index (χ0n) is 23.7. The van der Waals surface area contributed by atoms with Gasteiger partial charge in [-0.15, -0.1) is 11.8 Å². The largest absolute Gasteiger partial charge is 0.464 e. The first kappa shape index (κ1) is 31.5. The second-order valence-corrected chi connectivity index (χ2v) is 12.2. The summed E-state index contributed by atoms with van der Waals surface area (Å²) in [6, 6.07) is 6.30. The van der Waals surface area contributed by atoms with E-state index < -0.39 is 14.6 Å². The van der Waals surface area contributed by atoms with Crippen LogP contribution < -0.4 is 15.3 Å². The molecule has 1 aliphatic heterocycles. The molecule has 3 aromatic rings. The summed E-state index contributed by atoms with van der Waals surface area (Å²) in [5.41, 5.74) is 8.43. The number of carbonyl (C=O) groups is 1. The first-order valence-electron chi connectivity index (χ1n) is 13.3. The Balaban J connectivity index is 1.41. The predicted octanol–water partition coefficient (Wildman–Crippen LogP) is 5.91. The predicted molar refractivity (Wildman–Crippen MR) is 162 cm³/mol. The van der Waals surface area contributed by atoms with Gasteiger partial charge in [0.2, 0.25) is 5.95 Å². The Morgan fingerprint density at radius 3 is 2.83 bits per heavy atom. The molecule has 1 aliphatic rings. The Hall–Kier alpha value is -2.47. The van der Waals surface area contributed by atoms with Gasteiger partial charge in [0, 0.05) is 17.4 Å². The van der Waals surface area contributed by atoms with E-state index in [0.717, 1.165) is 17.0 Å². The van der Waals surface area contributed by atoms with Crippen LogP contribution in [0.5, 0.6) is 5.75 Å². The molecule has 1 saturated heterocycles. The maximum atomic E-state index is 12.6. The first-order chi connectivity index (χ1) is 19.7. The number of nitrogen functional groups attached to an aromatic ring is 1. The second-order valence-electron chi connectivity index (χ2n) is 9.78. The van der Waals surface area contributed by atoms with E-state index >= 15 is 0 Å². The lowest BCUT2D eigenvalue weighted by Gasteiger charge is -2.23. The number of fused-ring (bicyclic) bond motifs is 1. The van der Waals surface area contributed by atoms with Crippen molar-refractivity contribution < 1.29 is 23.3 Å². The molecule has 0 aliphatic carbocycles. The topological polar surface area (TPSA) is 136 Å². The Morgan fingerprint density at radius 2 is 2.12 bits per heavy atom. The zero-order chi connectivity index (χ0) is 29.5. The second kappa shape index (κ2) is 14.6. The fraction of sp³-hybridized carbons (Fsp3) is 0.481. The minimum absolute atomic E-state index is 0.154. The molecule has 222 valence electrons. The number of anilines is 1. The van der Waals surface area contributed by atoms with Crippen LogP contribution in [0.2, 0.25) is 5.02 Å². The Labute approximate surface area is 250 Å². The van der Waals surface area contributed by atoms with E-state index in [9.17, 15) is 4.79 Å². The average Bonchev–Trinajstić information content (AvgIpc) is 3.54. The van der Waals surface area contributed by atoms with Gasteiger partial charge in [0.1, 0.15) is 28.6 Å². The number of nitrogens with two attached hydrogens (primary N) is 1. The number of halogens is 1. The normalized spacial score (nSPS) is 20.7. The number of hydrogen-bond donors (Lipinski definition) is 2. The van der Waals surface area contributed by atoms with Crippen molar-refractivity contribution in [3.63, 3.8) is 0 Å². The van der Waals surface area contributed by atoms with Crippen LogP contribution in [-0.4, -0.2) is 57.1 Å². The van der Waals surface area contributed by atoms with Gasteiger partial charge >= 0.3 is 14.5 Å². The quantitative estimate of drug-likeness (QED) is 0.0774. The molecule has 41 heavy (non-hydrogen) atoms. The minimum Gasteiger partial charge on any atom is -0.464 e. The highest BCUT2D eigenvalue weighted by Crippen LogP contribution is 2.41. The Bertz CT molecular complexity index is 1360. The lowest BCUT2D eigenvalue weighted by atomic mass is 10.1. The summed E-state index contributed by atoms with van der Waals surface area (Å²) in [6.45, 7) is 8.34. The molecule has 0 amide bonds. The number of allylic oxidation sites excluding steroid dienone is 1. The van der Waals surface area contributed by atoms with Crippen molar-refractivity contribution in [3.05, 3.63) is 47.3 Å². The van der Waals surface area contributed by atoms with Crippen LogP contribution in [0.3, 0.4) is 0 Å². The number of esters is 1. The third kappa shape index (κ3) is 8.30. The Morgan fingerprint density at radius 1 is 1.37 bits per heavy atom. The SMILES string of the molecule is C/C=C(\C)CCOC(=O)C(C)NP(OCC1CC(C)C(n2cnc3c(SC)nc(N)nc32)O1)Oc1ccc(Cl)cc1. The van der Waals surface area contributed by atoms with E-state index in [2.05, 4.69) is 27.0 Å². The number of benzene rings is 1. The fourth-order valence-electron chi connectivity index (χ4n) is 4.22. The monoisotopic (exact) mass is 622 g/mol. The molecule has 0 bridgehead atoms. The van der Waals surface area contributed by atoms with Crippen molar-refractivity contribution in [1.29, 1.82) is 0 Å². The Kier molecular flexibility index (Phi) is 11.2. The maximum Gasteiger partial charge on any atom is 0.323 e. The smallest absolute Gasteiger partial charge is 0.323 e. The molecule has 3 heterocycles. The fourth-order valence-corrected chi connectivity index (χ4v) is 6.09. The summed E-state index contributed by atoms with van der Waals surface area (Å²) in [6.07, 6.45) is 6.54. The molecule has 3 N–H and O–H groups in total. The first-order valence-corrected chi connectivity index (χ1v) is 16.1. The van der Waals surface area contributed by atoms with Gasteiger partial charge in [-0.3, -0.25) is 9.36 Å². The molecule has 5 unspecified atom stereocenters. The number of hydrogen-bond acceptors (Lipinski definition) is 11. The van der Waals surface area contributed by atoms with E-state index in [4.69, 9.17) is 35.9 Å². The number of aromatic nitrogens is 4. The molecular formula is C27H36ClN6O5PS. The van der Waals surface area contributed by atoms with Crippen LogP contribution >= 0.6 is 31.9 Å². The highest BCUT2D eigenvalue weighted by Gasteiger charge is 2.36. The standard InChI is InChI=1S/C27H36ClN6O5PS/c1-6-16(2)11-12-36-26(35)18(4)33-40(39-20-9-7-19(28)8-10-20)37-14-21-13-17(3)25(38-21)34-15-30-22-23(34)31-27(29)32-24(22)41-5/h6-10,15,17-18,21,25,33H,11-14H2,1-5H3,(H2,29,31,32)/b16-6+. The number of ether oxygens (including phenoxy) is 2. The van der Waals surface area contributed by atoms with Gasteiger partial charge in [-0.25, -0.2) is 15.1 Å². The lowest BCUT2D eigenvalue weighted by Crippen LogP contribution is -2.34. The molecule has 1 aromatic carbocycles. The summed E-state index contributed by atoms with van der Waals surface area (Å²) in [5.74, 6) is 0.520. The zero-order valence-corrected chi connectivity index (χ0v) is 26.2. The van der Waals surface area contributed by atoms with Crippen molar-refractivity contribution in [2.45, 2.75) is 63.9 Å². The number of thioether (sulfide) groups is 1. The molecule has 2 aromatic heterocycles. The van der Waals surface area contributed by atoms with E-state index in [0.29, 0.717) is 35.0 Å². The minimum atomic E-state index is -1.72. The van der Waals surface area contributed by atoms with Crippen molar-refractivity contribution in [3.8, 4) is 5.75 Å². The van der Waals surface area contributed by atoms with Crippen LogP contribution in [0.4, 0.5) is 5.95 Å². The molecular weight excluding hydrogens is 587 g/mol. The van der Waals surface area contributed by atoms with Gasteiger partial charge in [-0.1, -0.05) is 30.2 Å². The maximum absolute atomic E-state index is 12.6. The number of rotatable bonds is 13. The highest BCUT2D eigenvalue weighted by molar-refractivity contribution is 7.98. The van der Waals surface area contributed by atoms with Gasteiger partial charge in [-0.2, -0.15) is 4.98 Å². The van der Waals surface area contributed by atoms with E-state index in [1.165, 1.54) is 11.8 Å². The summed E-state index contributed by atoms with van der Waals surface area (Å²) in [4.78, 5) is 25.8. The van der Waals surface area contributed by atoms with Crippen LogP contribution in [0.25, 0.3) is 11.2 Å². The van der Waals surface area contributed by atoms with Gasteiger partial charge in [0.15, 0.2) is 5.65 Å². The molecule has 0 radical (unpaired) electrons. The molecule has 0 saturated carbocycles. The lowest BCUT2D eigenvalue weighted by molar-refractivity contribution is -0.145. The molecule has 0 spiro atoms. The van der Waals surface area contributed by atoms with Crippen LogP contribution in [0, 0.1) is 5.92 Å². The summed E-state index contributed by atoms with van der Waals surface area (Å²) in [7, 11) is -1.72. The van der Waals surface area contributed by atoms with Crippen LogP contribution in [-0.2, 0) is 18.8 Å². The van der Waals surface area contributed by atoms with Gasteiger partial charge in [0.05, 0.1) is 25.6 Å². The summed E-state index contributed by atoms with van der Waals surface area (Å²) < 4.78 is 26.0. The van der Waals surface area contributed by atoms with Crippen molar-refractivity contribution in [2.75, 3.05) is 25.2 Å². The van der Waals surface area contributed by atoms with Crippen molar-refractivity contribution in [2.24, 2.45) is 5.92 Å². The number of nitrogens with one attached hydrogen (secondary N) is 1. The summed E-state index contributed by atoms with van der Waals surface area (Å²) >= 11 is 7.50.